The van der Waals surface area contributed by atoms with E-state index in [4.69, 9.17) is 23.7 Å². The molecule has 6 rings (SSSR count). The van der Waals surface area contributed by atoms with Crippen molar-refractivity contribution in [1.82, 2.24) is 0 Å². The quantitative estimate of drug-likeness (QED) is 0.256. The number of aliphatic hydroxyl groups is 3. The summed E-state index contributed by atoms with van der Waals surface area (Å²) < 4.78 is 29.4. The predicted molar refractivity (Wildman–Crippen MR) is 148 cm³/mol. The first-order valence-corrected chi connectivity index (χ1v) is 15.8. The van der Waals surface area contributed by atoms with Crippen molar-refractivity contribution in [2.75, 3.05) is 13.7 Å². The molecule has 9 heteroatoms. The van der Waals surface area contributed by atoms with Gasteiger partial charge in [0.2, 0.25) is 0 Å². The predicted octanol–water partition coefficient (Wildman–Crippen LogP) is 3.47. The number of hydrogen-bond acceptors (Lipinski definition) is 9. The summed E-state index contributed by atoms with van der Waals surface area (Å²) in [5.74, 6) is 0.510. The van der Waals surface area contributed by atoms with Gasteiger partial charge in [-0.2, -0.15) is 0 Å². The number of fused-ring (bicyclic) bond motifs is 5. The van der Waals surface area contributed by atoms with Crippen molar-refractivity contribution in [3.05, 3.63) is 11.6 Å². The summed E-state index contributed by atoms with van der Waals surface area (Å²) in [7, 11) is 1.62. The van der Waals surface area contributed by atoms with Gasteiger partial charge in [0.05, 0.1) is 30.5 Å². The van der Waals surface area contributed by atoms with Gasteiger partial charge >= 0.3 is 5.97 Å². The van der Waals surface area contributed by atoms with Crippen LogP contribution in [0.3, 0.4) is 0 Å². The smallest absolute Gasteiger partial charge is 0.302 e. The Kier molecular flexibility index (Phi) is 7.91. The number of hydrogen-bond donors (Lipinski definition) is 3. The van der Waals surface area contributed by atoms with Crippen LogP contribution in [0, 0.1) is 34.5 Å². The number of methoxy groups -OCH3 is 1. The third kappa shape index (κ3) is 4.82. The van der Waals surface area contributed by atoms with E-state index in [1.54, 1.807) is 13.2 Å². The van der Waals surface area contributed by atoms with Crippen molar-refractivity contribution < 1.29 is 43.8 Å². The van der Waals surface area contributed by atoms with Crippen molar-refractivity contribution >= 4 is 5.97 Å². The first-order valence-electron chi connectivity index (χ1n) is 15.8. The van der Waals surface area contributed by atoms with E-state index in [2.05, 4.69) is 13.8 Å². The average molecular weight is 579 g/mol. The molecule has 41 heavy (non-hydrogen) atoms. The van der Waals surface area contributed by atoms with Crippen LogP contribution in [-0.2, 0) is 28.5 Å². The molecule has 0 aromatic heterocycles. The normalized spacial score (nSPS) is 53.2. The number of carbonyl (C=O) groups excluding carboxylic acids is 1. The molecule has 2 unspecified atom stereocenters. The average Bonchev–Trinajstić information content (AvgIpc) is 3.42. The van der Waals surface area contributed by atoms with Crippen molar-refractivity contribution in [2.24, 2.45) is 34.5 Å². The molecule has 9 nitrogen and oxygen atoms in total. The fourth-order valence-electron chi connectivity index (χ4n) is 10.5. The molecule has 5 fully saturated rings. The Morgan fingerprint density at radius 1 is 1.05 bits per heavy atom. The first-order chi connectivity index (χ1) is 19.4. The largest absolute Gasteiger partial charge is 0.462 e. The highest BCUT2D eigenvalue weighted by atomic mass is 16.7. The lowest BCUT2D eigenvalue weighted by Crippen LogP contribution is -2.62. The maximum atomic E-state index is 12.7. The SMILES string of the molecule is CO[C@H]1C[C@H](O[C@H]2CC[C@@]3(C)[C@H](CC[C@@H]4[C@@H]3CC[C@]3(C)[C@@H](C5=CC(O)OC5)[C@@H](OC(C)=O)C[C@]43O)C2)O[C@@H](C)C1O. The fraction of sp³-hybridized carbons (Fsp3) is 0.906. The number of rotatable bonds is 5. The van der Waals surface area contributed by atoms with Gasteiger partial charge in [-0.25, -0.2) is 0 Å². The zero-order chi connectivity index (χ0) is 29.3. The molecule has 0 spiro atoms. The van der Waals surface area contributed by atoms with E-state index in [1.807, 2.05) is 6.92 Å². The molecule has 2 heterocycles. The minimum Gasteiger partial charge on any atom is -0.462 e. The Hall–Kier alpha value is -1.07. The number of aliphatic hydroxyl groups excluding tert-OH is 2. The van der Waals surface area contributed by atoms with Crippen molar-refractivity contribution in [3.8, 4) is 0 Å². The van der Waals surface area contributed by atoms with E-state index in [0.717, 1.165) is 50.5 Å². The molecule has 0 radical (unpaired) electrons. The molecule has 0 aromatic carbocycles. The fourth-order valence-corrected chi connectivity index (χ4v) is 10.5. The monoisotopic (exact) mass is 578 g/mol. The Morgan fingerprint density at radius 2 is 1.83 bits per heavy atom. The van der Waals surface area contributed by atoms with Crippen molar-refractivity contribution in [2.45, 2.75) is 134 Å². The van der Waals surface area contributed by atoms with Gasteiger partial charge in [0.1, 0.15) is 12.2 Å². The topological polar surface area (TPSA) is 124 Å². The third-order valence-corrected chi connectivity index (χ3v) is 12.6. The van der Waals surface area contributed by atoms with E-state index in [9.17, 15) is 20.1 Å². The van der Waals surface area contributed by atoms with E-state index in [1.165, 1.54) is 6.92 Å². The Morgan fingerprint density at radius 3 is 2.51 bits per heavy atom. The van der Waals surface area contributed by atoms with E-state index < -0.39 is 29.5 Å². The molecule has 4 saturated carbocycles. The van der Waals surface area contributed by atoms with Crippen LogP contribution >= 0.6 is 0 Å². The molecule has 14 atom stereocenters. The molecule has 6 aliphatic rings. The van der Waals surface area contributed by atoms with Gasteiger partial charge < -0.3 is 39.0 Å². The molecular weight excluding hydrogens is 528 g/mol. The van der Waals surface area contributed by atoms with E-state index in [-0.39, 0.29) is 47.8 Å². The summed E-state index contributed by atoms with van der Waals surface area (Å²) in [5, 5.41) is 33.2. The summed E-state index contributed by atoms with van der Waals surface area (Å²) in [6, 6.07) is 0. The number of ether oxygens (including phenoxy) is 5. The van der Waals surface area contributed by atoms with Crippen LogP contribution in [0.15, 0.2) is 11.6 Å². The lowest BCUT2D eigenvalue weighted by Gasteiger charge is -2.63. The van der Waals surface area contributed by atoms with Gasteiger partial charge in [0.15, 0.2) is 12.6 Å². The van der Waals surface area contributed by atoms with Crippen LogP contribution in [0.1, 0.15) is 85.5 Å². The lowest BCUT2D eigenvalue weighted by molar-refractivity contribution is -0.273. The van der Waals surface area contributed by atoms with Crippen LogP contribution in [0.4, 0.5) is 0 Å². The van der Waals surface area contributed by atoms with Gasteiger partial charge in [0.25, 0.3) is 0 Å². The number of carbonyl (C=O) groups is 1. The van der Waals surface area contributed by atoms with Gasteiger partial charge in [-0.1, -0.05) is 13.8 Å². The molecule has 0 bridgehead atoms. The minimum absolute atomic E-state index is 0.104. The van der Waals surface area contributed by atoms with Crippen molar-refractivity contribution in [3.63, 3.8) is 0 Å². The summed E-state index contributed by atoms with van der Waals surface area (Å²) in [5.41, 5.74) is -0.375. The zero-order valence-corrected chi connectivity index (χ0v) is 25.3. The highest BCUT2D eigenvalue weighted by Crippen LogP contribution is 2.70. The molecule has 0 aromatic rings. The van der Waals surface area contributed by atoms with Gasteiger partial charge in [-0.05, 0) is 86.7 Å². The van der Waals surface area contributed by atoms with Gasteiger partial charge in [0, 0.05) is 38.2 Å². The molecule has 2 aliphatic heterocycles. The molecular formula is C32H50O9. The number of esters is 1. The maximum Gasteiger partial charge on any atom is 0.302 e. The molecule has 3 N–H and O–H groups in total. The lowest BCUT2D eigenvalue weighted by atomic mass is 9.43. The summed E-state index contributed by atoms with van der Waals surface area (Å²) >= 11 is 0. The molecule has 1 saturated heterocycles. The second-order valence-corrected chi connectivity index (χ2v) is 14.4. The summed E-state index contributed by atoms with van der Waals surface area (Å²) in [6.45, 7) is 8.22. The Balaban J connectivity index is 1.19. The van der Waals surface area contributed by atoms with Crippen LogP contribution in [0.5, 0.6) is 0 Å². The summed E-state index contributed by atoms with van der Waals surface area (Å²) in [4.78, 5) is 12.2. The first kappa shape index (κ1) is 30.0. The Bertz CT molecular complexity index is 1030. The van der Waals surface area contributed by atoms with Crippen molar-refractivity contribution in [1.29, 1.82) is 0 Å². The Labute approximate surface area is 243 Å². The molecule has 4 aliphatic carbocycles. The second kappa shape index (κ2) is 10.8. The van der Waals surface area contributed by atoms with Crippen LogP contribution in [0.25, 0.3) is 0 Å². The van der Waals surface area contributed by atoms with Gasteiger partial charge in [-0.3, -0.25) is 4.79 Å². The van der Waals surface area contributed by atoms with Crippen LogP contribution in [0.2, 0.25) is 0 Å². The van der Waals surface area contributed by atoms with Crippen LogP contribution in [-0.4, -0.2) is 83.7 Å². The second-order valence-electron chi connectivity index (χ2n) is 14.4. The van der Waals surface area contributed by atoms with Crippen LogP contribution < -0.4 is 0 Å². The van der Waals surface area contributed by atoms with E-state index in [0.29, 0.717) is 31.3 Å². The highest BCUT2D eigenvalue weighted by Gasteiger charge is 2.71. The summed E-state index contributed by atoms with van der Waals surface area (Å²) in [6.07, 6.45) is 6.60. The molecule has 232 valence electrons. The van der Waals surface area contributed by atoms with Gasteiger partial charge in [-0.15, -0.1) is 0 Å². The zero-order valence-electron chi connectivity index (χ0n) is 25.3. The third-order valence-electron chi connectivity index (χ3n) is 12.6. The van der Waals surface area contributed by atoms with E-state index >= 15 is 0 Å². The maximum absolute atomic E-state index is 12.7. The molecule has 0 amide bonds. The minimum atomic E-state index is -0.960. The highest BCUT2D eigenvalue weighted by molar-refractivity contribution is 5.66. The standard InChI is InChI=1S/C32H50O9/c1-17-29(35)24(37-5)14-27(39-17)41-21-8-10-30(3)20(13-21)6-7-23-22(30)9-11-31(4)28(19-12-26(34)38-16-19)25(40-18(2)33)15-32(23,31)36/h12,17,20-29,34-36H,6-11,13-16H2,1-5H3/t17-,20+,21-,22-,23+,24-,25-,26?,27-,28-,29?,30-,31+,32-/m0/s1.